The molecule has 0 aromatic heterocycles. The molecule has 19 heavy (non-hydrogen) atoms. The summed E-state index contributed by atoms with van der Waals surface area (Å²) in [7, 11) is 1.67. The van der Waals surface area contributed by atoms with E-state index in [2.05, 4.69) is 5.32 Å². The first-order valence-corrected chi connectivity index (χ1v) is 6.84. The van der Waals surface area contributed by atoms with Crippen LogP contribution in [0.1, 0.15) is 19.3 Å². The molecule has 0 aliphatic heterocycles. The quantitative estimate of drug-likeness (QED) is 0.737. The molecule has 2 saturated carbocycles. The van der Waals surface area contributed by atoms with Gasteiger partial charge in [0.05, 0.1) is 17.9 Å². The van der Waals surface area contributed by atoms with Gasteiger partial charge in [0.25, 0.3) is 0 Å². The van der Waals surface area contributed by atoms with E-state index in [4.69, 9.17) is 4.74 Å². The minimum absolute atomic E-state index is 0.0337. The Morgan fingerprint density at radius 1 is 1.16 bits per heavy atom. The molecule has 3 aliphatic rings. The number of amides is 1. The highest BCUT2D eigenvalue weighted by Crippen LogP contribution is 2.48. The Bertz CT molecular complexity index is 427. The second-order valence-electron chi connectivity index (χ2n) is 5.87. The summed E-state index contributed by atoms with van der Waals surface area (Å²) < 4.78 is 5.18. The Morgan fingerprint density at radius 2 is 1.79 bits per heavy atom. The standard InChI is InChI=1S/C14H19NO4/c1-19-10-5-9(6-10)15-13(16)11-7-2-3-8(4-7)12(11)14(17)18/h2-3,7-12H,4-6H2,1H3,(H,15,16)(H,17,18)/t7?,8?,9?,10?,11-,12+/m0/s1. The summed E-state index contributed by atoms with van der Waals surface area (Å²) in [6, 6.07) is 0.148. The fraction of sp³-hybridized carbons (Fsp3) is 0.714. The summed E-state index contributed by atoms with van der Waals surface area (Å²) in [5.41, 5.74) is 0. The first-order chi connectivity index (χ1) is 9.10. The van der Waals surface area contributed by atoms with Gasteiger partial charge in [0.1, 0.15) is 0 Å². The zero-order valence-corrected chi connectivity index (χ0v) is 10.9. The van der Waals surface area contributed by atoms with Crippen molar-refractivity contribution in [1.82, 2.24) is 5.32 Å². The van der Waals surface area contributed by atoms with Gasteiger partial charge in [-0.2, -0.15) is 0 Å². The maximum atomic E-state index is 12.3. The number of carboxylic acids is 1. The van der Waals surface area contributed by atoms with Crippen molar-refractivity contribution in [2.75, 3.05) is 7.11 Å². The maximum Gasteiger partial charge on any atom is 0.307 e. The van der Waals surface area contributed by atoms with E-state index < -0.39 is 17.8 Å². The lowest BCUT2D eigenvalue weighted by atomic mass is 9.81. The van der Waals surface area contributed by atoms with Crippen LogP contribution in [0.15, 0.2) is 12.2 Å². The number of rotatable bonds is 4. The highest BCUT2D eigenvalue weighted by Gasteiger charge is 2.52. The third-order valence-electron chi connectivity index (χ3n) is 4.82. The molecule has 1 amide bonds. The van der Waals surface area contributed by atoms with Crippen LogP contribution < -0.4 is 5.32 Å². The number of nitrogens with one attached hydrogen (secondary N) is 1. The summed E-state index contributed by atoms with van der Waals surface area (Å²) >= 11 is 0. The van der Waals surface area contributed by atoms with Crippen LogP contribution in [0.2, 0.25) is 0 Å². The summed E-state index contributed by atoms with van der Waals surface area (Å²) in [6.45, 7) is 0. The molecule has 3 rings (SSSR count). The number of ether oxygens (including phenoxy) is 1. The van der Waals surface area contributed by atoms with Gasteiger partial charge in [-0.1, -0.05) is 12.2 Å². The number of carboxylic acid groups (broad SMARTS) is 1. The molecule has 5 heteroatoms. The molecular weight excluding hydrogens is 246 g/mol. The van der Waals surface area contributed by atoms with Crippen molar-refractivity contribution in [3.05, 3.63) is 12.2 Å². The predicted octanol–water partition coefficient (Wildman–Crippen LogP) is 0.803. The van der Waals surface area contributed by atoms with Gasteiger partial charge in [-0.25, -0.2) is 0 Å². The molecular formula is C14H19NO4. The molecule has 5 nitrogen and oxygen atoms in total. The SMILES string of the molecule is COC1CC(NC(=O)[C@H]2C3C=CC(C3)[C@H]2C(=O)O)C1. The van der Waals surface area contributed by atoms with Gasteiger partial charge >= 0.3 is 5.97 Å². The van der Waals surface area contributed by atoms with E-state index in [0.29, 0.717) is 0 Å². The Kier molecular flexibility index (Phi) is 3.09. The van der Waals surface area contributed by atoms with Gasteiger partial charge in [0, 0.05) is 13.2 Å². The molecule has 2 bridgehead atoms. The average molecular weight is 265 g/mol. The highest BCUT2D eigenvalue weighted by molar-refractivity contribution is 5.87. The minimum Gasteiger partial charge on any atom is -0.481 e. The first kappa shape index (κ1) is 12.7. The van der Waals surface area contributed by atoms with Crippen LogP contribution in [0, 0.1) is 23.7 Å². The molecule has 2 N–H and O–H groups in total. The van der Waals surface area contributed by atoms with Crippen LogP contribution >= 0.6 is 0 Å². The molecule has 0 heterocycles. The third kappa shape index (κ3) is 2.06. The number of fused-ring (bicyclic) bond motifs is 2. The normalized spacial score (nSPS) is 43.0. The summed E-state index contributed by atoms with van der Waals surface area (Å²) in [5, 5.41) is 12.3. The van der Waals surface area contributed by atoms with Crippen LogP contribution in [-0.2, 0) is 14.3 Å². The zero-order chi connectivity index (χ0) is 13.6. The van der Waals surface area contributed by atoms with Crippen molar-refractivity contribution in [3.8, 4) is 0 Å². The Balaban J connectivity index is 1.63. The molecule has 104 valence electrons. The van der Waals surface area contributed by atoms with Gasteiger partial charge in [0.2, 0.25) is 5.91 Å². The second kappa shape index (κ2) is 4.63. The van der Waals surface area contributed by atoms with E-state index in [1.54, 1.807) is 7.11 Å². The lowest BCUT2D eigenvalue weighted by Gasteiger charge is -2.36. The Labute approximate surface area is 112 Å². The van der Waals surface area contributed by atoms with E-state index in [1.807, 2.05) is 12.2 Å². The number of allylic oxidation sites excluding steroid dienone is 2. The summed E-state index contributed by atoms with van der Waals surface area (Å²) in [5.74, 6) is -1.75. The van der Waals surface area contributed by atoms with E-state index >= 15 is 0 Å². The van der Waals surface area contributed by atoms with Crippen molar-refractivity contribution in [1.29, 1.82) is 0 Å². The molecule has 0 spiro atoms. The predicted molar refractivity (Wildman–Crippen MR) is 67.3 cm³/mol. The van der Waals surface area contributed by atoms with Crippen LogP contribution in [0.4, 0.5) is 0 Å². The number of hydrogen-bond acceptors (Lipinski definition) is 3. The van der Waals surface area contributed by atoms with Gasteiger partial charge in [-0.3, -0.25) is 9.59 Å². The van der Waals surface area contributed by atoms with Crippen LogP contribution in [-0.4, -0.2) is 36.2 Å². The largest absolute Gasteiger partial charge is 0.481 e. The number of aliphatic carboxylic acids is 1. The number of carbonyl (C=O) groups is 2. The maximum absolute atomic E-state index is 12.3. The van der Waals surface area contributed by atoms with Gasteiger partial charge < -0.3 is 15.2 Å². The molecule has 0 aromatic rings. The van der Waals surface area contributed by atoms with E-state index in [1.165, 1.54) is 0 Å². The van der Waals surface area contributed by atoms with Gasteiger partial charge in [-0.05, 0) is 31.1 Å². The number of methoxy groups -OCH3 is 1. The molecule has 0 radical (unpaired) electrons. The molecule has 0 aromatic carbocycles. The van der Waals surface area contributed by atoms with E-state index in [-0.39, 0.29) is 29.9 Å². The third-order valence-corrected chi connectivity index (χ3v) is 4.82. The van der Waals surface area contributed by atoms with Crippen molar-refractivity contribution in [3.63, 3.8) is 0 Å². The zero-order valence-electron chi connectivity index (χ0n) is 10.9. The topological polar surface area (TPSA) is 75.6 Å². The fourth-order valence-corrected chi connectivity index (χ4v) is 3.69. The molecule has 2 fully saturated rings. The molecule has 3 aliphatic carbocycles. The van der Waals surface area contributed by atoms with E-state index in [0.717, 1.165) is 19.3 Å². The number of hydrogen-bond donors (Lipinski definition) is 2. The second-order valence-corrected chi connectivity index (χ2v) is 5.87. The molecule has 2 unspecified atom stereocenters. The average Bonchev–Trinajstić information content (AvgIpc) is 2.92. The molecule has 0 saturated heterocycles. The minimum atomic E-state index is -0.847. The van der Waals surface area contributed by atoms with Crippen molar-refractivity contribution < 1.29 is 19.4 Å². The van der Waals surface area contributed by atoms with Crippen LogP contribution in [0.3, 0.4) is 0 Å². The van der Waals surface area contributed by atoms with Crippen molar-refractivity contribution in [2.24, 2.45) is 23.7 Å². The Hall–Kier alpha value is -1.36. The summed E-state index contributed by atoms with van der Waals surface area (Å²) in [6.07, 6.45) is 6.67. The lowest BCUT2D eigenvalue weighted by molar-refractivity contribution is -0.148. The van der Waals surface area contributed by atoms with Crippen molar-refractivity contribution in [2.45, 2.75) is 31.4 Å². The van der Waals surface area contributed by atoms with Crippen LogP contribution in [0.5, 0.6) is 0 Å². The fourth-order valence-electron chi connectivity index (χ4n) is 3.69. The lowest BCUT2D eigenvalue weighted by Crippen LogP contribution is -2.51. The van der Waals surface area contributed by atoms with Crippen LogP contribution in [0.25, 0.3) is 0 Å². The van der Waals surface area contributed by atoms with Gasteiger partial charge in [-0.15, -0.1) is 0 Å². The molecule has 4 atom stereocenters. The number of carbonyl (C=O) groups excluding carboxylic acids is 1. The summed E-state index contributed by atoms with van der Waals surface area (Å²) in [4.78, 5) is 23.6. The van der Waals surface area contributed by atoms with Gasteiger partial charge in [0.15, 0.2) is 0 Å². The van der Waals surface area contributed by atoms with E-state index in [9.17, 15) is 14.7 Å². The first-order valence-electron chi connectivity index (χ1n) is 6.84. The monoisotopic (exact) mass is 265 g/mol. The smallest absolute Gasteiger partial charge is 0.307 e. The highest BCUT2D eigenvalue weighted by atomic mass is 16.5. The van der Waals surface area contributed by atoms with Crippen molar-refractivity contribution >= 4 is 11.9 Å². The Morgan fingerprint density at radius 3 is 2.37 bits per heavy atom.